The van der Waals surface area contributed by atoms with Gasteiger partial charge in [-0.2, -0.15) is 0 Å². The van der Waals surface area contributed by atoms with Crippen molar-refractivity contribution in [3.63, 3.8) is 0 Å². The Hall–Kier alpha value is -2.20. The largest absolute Gasteiger partial charge is 0.355 e. The highest BCUT2D eigenvalue weighted by Crippen LogP contribution is 2.15. The molecule has 1 unspecified atom stereocenters. The number of nitrogens with zero attached hydrogens (tertiary/aromatic N) is 2. The number of amides is 1. The van der Waals surface area contributed by atoms with E-state index in [4.69, 9.17) is 0 Å². The summed E-state index contributed by atoms with van der Waals surface area (Å²) >= 11 is 0. The van der Waals surface area contributed by atoms with Gasteiger partial charge in [0.1, 0.15) is 0 Å². The van der Waals surface area contributed by atoms with Gasteiger partial charge >= 0.3 is 0 Å². The molecule has 0 saturated carbocycles. The molecule has 1 aliphatic heterocycles. The minimum Gasteiger partial charge on any atom is -0.355 e. The van der Waals surface area contributed by atoms with Crippen molar-refractivity contribution >= 4 is 5.91 Å². The number of nitrogens with one attached hydrogen (secondary N) is 1. The van der Waals surface area contributed by atoms with Crippen LogP contribution in [0, 0.1) is 0 Å². The first-order chi connectivity index (χ1) is 12.8. The Morgan fingerprint density at radius 3 is 2.58 bits per heavy atom. The Labute approximate surface area is 156 Å². The zero-order valence-corrected chi connectivity index (χ0v) is 15.4. The smallest absolute Gasteiger partial charge is 0.220 e. The first-order valence-electron chi connectivity index (χ1n) is 9.75. The summed E-state index contributed by atoms with van der Waals surface area (Å²) in [4.78, 5) is 18.9. The van der Waals surface area contributed by atoms with Gasteiger partial charge in [-0.05, 0) is 62.4 Å². The van der Waals surface area contributed by atoms with E-state index in [2.05, 4.69) is 51.6 Å². The number of hydrogen-bond acceptors (Lipinski definition) is 3. The molecular weight excluding hydrogens is 322 g/mol. The maximum absolute atomic E-state index is 12.3. The SMILES string of the molecule is O=C(CCCc1cccnc1)NCC(Cc1ccccc1)N1CCCC1. The summed E-state index contributed by atoms with van der Waals surface area (Å²) < 4.78 is 0. The Bertz CT molecular complexity index is 654. The number of benzene rings is 1. The molecule has 0 bridgehead atoms. The molecule has 26 heavy (non-hydrogen) atoms. The molecule has 1 aromatic heterocycles. The molecular formula is C22H29N3O. The van der Waals surface area contributed by atoms with Crippen LogP contribution in [0.15, 0.2) is 54.9 Å². The number of carbonyl (C=O) groups is 1. The number of hydrogen-bond donors (Lipinski definition) is 1. The number of aryl methyl sites for hydroxylation is 1. The highest BCUT2D eigenvalue weighted by atomic mass is 16.1. The van der Waals surface area contributed by atoms with Crippen molar-refractivity contribution in [2.24, 2.45) is 0 Å². The number of pyridine rings is 1. The van der Waals surface area contributed by atoms with Crippen LogP contribution in [0.2, 0.25) is 0 Å². The summed E-state index contributed by atoms with van der Waals surface area (Å²) in [5.41, 5.74) is 2.54. The lowest BCUT2D eigenvalue weighted by Crippen LogP contribution is -2.44. The monoisotopic (exact) mass is 351 g/mol. The van der Waals surface area contributed by atoms with Gasteiger partial charge in [0.2, 0.25) is 5.91 Å². The van der Waals surface area contributed by atoms with E-state index >= 15 is 0 Å². The van der Waals surface area contributed by atoms with Crippen LogP contribution in [0.5, 0.6) is 0 Å². The molecule has 1 saturated heterocycles. The third-order valence-corrected chi connectivity index (χ3v) is 5.10. The Morgan fingerprint density at radius 2 is 1.85 bits per heavy atom. The van der Waals surface area contributed by atoms with Crippen molar-refractivity contribution in [3.05, 3.63) is 66.0 Å². The molecule has 1 aromatic carbocycles. The maximum Gasteiger partial charge on any atom is 0.220 e. The van der Waals surface area contributed by atoms with Crippen LogP contribution in [0.25, 0.3) is 0 Å². The normalized spacial score (nSPS) is 15.7. The summed E-state index contributed by atoms with van der Waals surface area (Å²) in [5.74, 6) is 0.158. The van der Waals surface area contributed by atoms with Crippen molar-refractivity contribution in [1.29, 1.82) is 0 Å². The van der Waals surface area contributed by atoms with Crippen molar-refractivity contribution in [1.82, 2.24) is 15.2 Å². The topological polar surface area (TPSA) is 45.2 Å². The van der Waals surface area contributed by atoms with Gasteiger partial charge in [-0.3, -0.25) is 14.7 Å². The molecule has 4 heteroatoms. The zero-order chi connectivity index (χ0) is 18.0. The lowest BCUT2D eigenvalue weighted by atomic mass is 10.0. The van der Waals surface area contributed by atoms with E-state index < -0.39 is 0 Å². The van der Waals surface area contributed by atoms with E-state index in [-0.39, 0.29) is 5.91 Å². The van der Waals surface area contributed by atoms with E-state index in [1.165, 1.54) is 24.0 Å². The molecule has 1 atom stereocenters. The summed E-state index contributed by atoms with van der Waals surface area (Å²) in [5, 5.41) is 3.17. The van der Waals surface area contributed by atoms with E-state index in [1.54, 1.807) is 6.20 Å². The molecule has 0 spiro atoms. The van der Waals surface area contributed by atoms with Gasteiger partial charge in [-0.1, -0.05) is 36.4 Å². The van der Waals surface area contributed by atoms with Gasteiger partial charge in [0.05, 0.1) is 0 Å². The molecule has 1 aliphatic rings. The molecule has 1 amide bonds. The second-order valence-corrected chi connectivity index (χ2v) is 7.11. The number of aromatic nitrogens is 1. The minimum absolute atomic E-state index is 0.158. The first kappa shape index (κ1) is 18.6. The second-order valence-electron chi connectivity index (χ2n) is 7.11. The second kappa shape index (κ2) is 10.1. The van der Waals surface area contributed by atoms with Crippen LogP contribution >= 0.6 is 0 Å². The molecule has 0 aliphatic carbocycles. The lowest BCUT2D eigenvalue weighted by Gasteiger charge is -2.28. The van der Waals surface area contributed by atoms with Gasteiger partial charge in [0, 0.05) is 31.4 Å². The molecule has 1 N–H and O–H groups in total. The van der Waals surface area contributed by atoms with Gasteiger partial charge < -0.3 is 5.32 Å². The zero-order valence-electron chi connectivity index (χ0n) is 15.4. The minimum atomic E-state index is 0.158. The average molecular weight is 351 g/mol. The van der Waals surface area contributed by atoms with E-state index in [9.17, 15) is 4.79 Å². The fourth-order valence-electron chi connectivity index (χ4n) is 3.64. The van der Waals surface area contributed by atoms with E-state index in [0.717, 1.165) is 38.9 Å². The molecule has 1 fully saturated rings. The van der Waals surface area contributed by atoms with Crippen LogP contribution in [0.4, 0.5) is 0 Å². The average Bonchev–Trinajstić information content (AvgIpc) is 3.21. The third kappa shape index (κ3) is 5.95. The van der Waals surface area contributed by atoms with Crippen LogP contribution in [0.3, 0.4) is 0 Å². The van der Waals surface area contributed by atoms with Crippen LogP contribution in [0.1, 0.15) is 36.8 Å². The van der Waals surface area contributed by atoms with Gasteiger partial charge in [0.15, 0.2) is 0 Å². The number of likely N-dealkylation sites (tertiary alicyclic amines) is 1. The highest BCUT2D eigenvalue weighted by molar-refractivity contribution is 5.75. The quantitative estimate of drug-likeness (QED) is 0.754. The predicted octanol–water partition coefficient (Wildman–Crippen LogP) is 3.23. The Morgan fingerprint density at radius 1 is 1.08 bits per heavy atom. The van der Waals surface area contributed by atoms with E-state index in [0.29, 0.717) is 12.5 Å². The molecule has 0 radical (unpaired) electrons. The summed E-state index contributed by atoms with van der Waals surface area (Å²) in [7, 11) is 0. The molecule has 4 nitrogen and oxygen atoms in total. The van der Waals surface area contributed by atoms with Crippen LogP contribution in [-0.4, -0.2) is 41.5 Å². The lowest BCUT2D eigenvalue weighted by molar-refractivity contribution is -0.121. The standard InChI is InChI=1S/C22H29N3O/c26-22(12-6-10-20-11-7-13-23-17-20)24-18-21(25-14-4-5-15-25)16-19-8-2-1-3-9-19/h1-3,7-9,11,13,17,21H,4-6,10,12,14-16,18H2,(H,24,26). The van der Waals surface area contributed by atoms with Crippen LogP contribution < -0.4 is 5.32 Å². The maximum atomic E-state index is 12.3. The summed E-state index contributed by atoms with van der Waals surface area (Å²) in [6, 6.07) is 15.0. The van der Waals surface area contributed by atoms with Gasteiger partial charge in [0.25, 0.3) is 0 Å². The van der Waals surface area contributed by atoms with Crippen molar-refractivity contribution in [2.45, 2.75) is 44.6 Å². The molecule has 2 aromatic rings. The van der Waals surface area contributed by atoms with Crippen molar-refractivity contribution in [2.75, 3.05) is 19.6 Å². The fourth-order valence-corrected chi connectivity index (χ4v) is 3.64. The summed E-state index contributed by atoms with van der Waals surface area (Å²) in [6.07, 6.45) is 9.53. The number of carbonyl (C=O) groups excluding carboxylic acids is 1. The van der Waals surface area contributed by atoms with Crippen LogP contribution in [-0.2, 0) is 17.6 Å². The van der Waals surface area contributed by atoms with Crippen molar-refractivity contribution < 1.29 is 4.79 Å². The summed E-state index contributed by atoms with van der Waals surface area (Å²) in [6.45, 7) is 3.03. The molecule has 3 rings (SSSR count). The number of rotatable bonds is 9. The first-order valence-corrected chi connectivity index (χ1v) is 9.75. The van der Waals surface area contributed by atoms with Crippen molar-refractivity contribution in [3.8, 4) is 0 Å². The highest BCUT2D eigenvalue weighted by Gasteiger charge is 2.22. The molecule has 2 heterocycles. The Balaban J connectivity index is 1.45. The predicted molar refractivity (Wildman–Crippen MR) is 105 cm³/mol. The fraction of sp³-hybridized carbons (Fsp3) is 0.455. The van der Waals surface area contributed by atoms with Gasteiger partial charge in [-0.15, -0.1) is 0 Å². The van der Waals surface area contributed by atoms with Gasteiger partial charge in [-0.25, -0.2) is 0 Å². The van der Waals surface area contributed by atoms with E-state index in [1.807, 2.05) is 12.3 Å². The molecule has 138 valence electrons. The Kier molecular flexibility index (Phi) is 7.20. The third-order valence-electron chi connectivity index (χ3n) is 5.10.